The van der Waals surface area contributed by atoms with Crippen LogP contribution in [0.3, 0.4) is 0 Å². The average Bonchev–Trinajstić information content (AvgIpc) is 2.93. The second kappa shape index (κ2) is 7.46. The number of benzene rings is 1. The molecular weight excluding hydrogens is 312 g/mol. The first-order chi connectivity index (χ1) is 11.9. The fraction of sp³-hybridized carbons (Fsp3) is 0.600. The van der Waals surface area contributed by atoms with E-state index in [0.29, 0.717) is 5.89 Å². The predicted octanol–water partition coefficient (Wildman–Crippen LogP) is 4.92. The molecule has 1 aliphatic heterocycles. The molecular formula is C20H30N4O. The number of hydrogen-bond donors (Lipinski definition) is 1. The largest absolute Gasteiger partial charge is 0.374 e. The minimum atomic E-state index is -0.101. The van der Waals surface area contributed by atoms with E-state index in [9.17, 15) is 0 Å². The van der Waals surface area contributed by atoms with Crippen LogP contribution >= 0.6 is 0 Å². The van der Waals surface area contributed by atoms with Gasteiger partial charge in [0.1, 0.15) is 6.04 Å². The molecule has 1 aromatic carbocycles. The number of aromatic nitrogens is 2. The summed E-state index contributed by atoms with van der Waals surface area (Å²) in [6, 6.07) is 8.66. The van der Waals surface area contributed by atoms with E-state index in [0.717, 1.165) is 11.5 Å². The van der Waals surface area contributed by atoms with Crippen LogP contribution in [0, 0.1) is 0 Å². The molecule has 5 nitrogen and oxygen atoms in total. The van der Waals surface area contributed by atoms with Crippen molar-refractivity contribution >= 4 is 11.4 Å². The van der Waals surface area contributed by atoms with Crippen molar-refractivity contribution in [3.63, 3.8) is 0 Å². The monoisotopic (exact) mass is 342 g/mol. The highest BCUT2D eigenvalue weighted by Crippen LogP contribution is 2.25. The Bertz CT molecular complexity index is 664. The molecule has 0 bridgehead atoms. The zero-order valence-corrected chi connectivity index (χ0v) is 15.9. The van der Waals surface area contributed by atoms with Crippen molar-refractivity contribution < 1.29 is 4.52 Å². The third-order valence-electron chi connectivity index (χ3n) is 4.70. The summed E-state index contributed by atoms with van der Waals surface area (Å²) >= 11 is 0. The molecule has 1 aromatic heterocycles. The van der Waals surface area contributed by atoms with E-state index in [1.807, 2.05) is 6.92 Å². The molecule has 0 aliphatic carbocycles. The van der Waals surface area contributed by atoms with Crippen molar-refractivity contribution in [3.05, 3.63) is 36.0 Å². The molecule has 0 unspecified atom stereocenters. The van der Waals surface area contributed by atoms with Gasteiger partial charge in [0.2, 0.25) is 5.89 Å². The molecule has 0 radical (unpaired) electrons. The van der Waals surface area contributed by atoms with Gasteiger partial charge < -0.3 is 14.7 Å². The molecule has 0 spiro atoms. The summed E-state index contributed by atoms with van der Waals surface area (Å²) in [5, 5.41) is 7.55. The molecule has 0 amide bonds. The second-order valence-corrected chi connectivity index (χ2v) is 8.02. The van der Waals surface area contributed by atoms with Crippen LogP contribution in [-0.4, -0.2) is 23.2 Å². The Kier molecular flexibility index (Phi) is 5.30. The van der Waals surface area contributed by atoms with E-state index < -0.39 is 0 Å². The third kappa shape index (κ3) is 4.53. The molecule has 1 saturated heterocycles. The molecule has 5 heteroatoms. The Balaban J connectivity index is 1.63. The molecule has 2 aromatic rings. The first-order valence-corrected chi connectivity index (χ1v) is 9.39. The highest BCUT2D eigenvalue weighted by molar-refractivity contribution is 5.55. The summed E-state index contributed by atoms with van der Waals surface area (Å²) in [6.07, 6.45) is 5.30. The zero-order chi connectivity index (χ0) is 17.9. The fourth-order valence-corrected chi connectivity index (χ4v) is 3.12. The summed E-state index contributed by atoms with van der Waals surface area (Å²) < 4.78 is 5.43. The highest BCUT2D eigenvalue weighted by Gasteiger charge is 2.23. The maximum atomic E-state index is 5.43. The van der Waals surface area contributed by atoms with Crippen molar-refractivity contribution in [3.8, 4) is 0 Å². The van der Waals surface area contributed by atoms with E-state index in [1.54, 1.807) is 0 Å². The van der Waals surface area contributed by atoms with Gasteiger partial charge in [-0.25, -0.2) is 0 Å². The second-order valence-electron chi connectivity index (χ2n) is 8.02. The summed E-state index contributed by atoms with van der Waals surface area (Å²) in [5.41, 5.74) is 2.28. The highest BCUT2D eigenvalue weighted by atomic mass is 16.5. The Hall–Kier alpha value is -2.04. The van der Waals surface area contributed by atoms with Gasteiger partial charge in [0.05, 0.1) is 0 Å². The zero-order valence-electron chi connectivity index (χ0n) is 15.9. The van der Waals surface area contributed by atoms with Crippen LogP contribution in [0.2, 0.25) is 0 Å². The quantitative estimate of drug-likeness (QED) is 0.854. The first-order valence-electron chi connectivity index (χ1n) is 9.39. The maximum absolute atomic E-state index is 5.43. The molecule has 136 valence electrons. The number of nitrogens with one attached hydrogen (secondary N) is 1. The van der Waals surface area contributed by atoms with E-state index in [2.05, 4.69) is 65.4 Å². The lowest BCUT2D eigenvalue weighted by Crippen LogP contribution is -2.23. The number of nitrogens with zero attached hydrogens (tertiary/aromatic N) is 3. The Morgan fingerprint density at radius 3 is 2.24 bits per heavy atom. The minimum Gasteiger partial charge on any atom is -0.374 e. The number of anilines is 2. The van der Waals surface area contributed by atoms with E-state index in [4.69, 9.17) is 4.52 Å². The average molecular weight is 342 g/mol. The summed E-state index contributed by atoms with van der Waals surface area (Å²) in [6.45, 7) is 10.6. The normalized spacial score (nSPS) is 17.2. The van der Waals surface area contributed by atoms with Crippen LogP contribution in [0.5, 0.6) is 0 Å². The Labute approximate surface area is 150 Å². The van der Waals surface area contributed by atoms with Gasteiger partial charge in [0, 0.05) is 29.9 Å². The lowest BCUT2D eigenvalue weighted by atomic mass is 9.96. The van der Waals surface area contributed by atoms with E-state index in [1.165, 1.54) is 44.5 Å². The first kappa shape index (κ1) is 17.8. The molecule has 1 atom stereocenters. The molecule has 1 fully saturated rings. The van der Waals surface area contributed by atoms with Crippen LogP contribution < -0.4 is 10.2 Å². The summed E-state index contributed by atoms with van der Waals surface area (Å²) in [5.74, 6) is 1.37. The molecule has 25 heavy (non-hydrogen) atoms. The van der Waals surface area contributed by atoms with Gasteiger partial charge in [0.25, 0.3) is 0 Å². The number of rotatable bonds is 4. The van der Waals surface area contributed by atoms with Gasteiger partial charge in [-0.15, -0.1) is 0 Å². The smallest absolute Gasteiger partial charge is 0.248 e. The van der Waals surface area contributed by atoms with Crippen molar-refractivity contribution in [2.75, 3.05) is 23.3 Å². The van der Waals surface area contributed by atoms with Gasteiger partial charge in [0.15, 0.2) is 5.82 Å². The fourth-order valence-electron chi connectivity index (χ4n) is 3.12. The summed E-state index contributed by atoms with van der Waals surface area (Å²) in [4.78, 5) is 7.02. The molecule has 3 rings (SSSR count). The van der Waals surface area contributed by atoms with Crippen molar-refractivity contribution in [1.82, 2.24) is 10.1 Å². The van der Waals surface area contributed by atoms with Gasteiger partial charge >= 0.3 is 0 Å². The van der Waals surface area contributed by atoms with Gasteiger partial charge in [-0.05, 0) is 44.0 Å². The molecule has 0 saturated carbocycles. The SMILES string of the molecule is C[C@@H](Nc1ccc(N2CCCCCC2)cc1)c1nc(C(C)(C)C)no1. The van der Waals surface area contributed by atoms with Crippen molar-refractivity contribution in [2.24, 2.45) is 0 Å². The predicted molar refractivity (Wildman–Crippen MR) is 102 cm³/mol. The Morgan fingerprint density at radius 1 is 1.04 bits per heavy atom. The van der Waals surface area contributed by atoms with Crippen molar-refractivity contribution in [2.45, 2.75) is 64.8 Å². The van der Waals surface area contributed by atoms with Gasteiger partial charge in [-0.1, -0.05) is 38.8 Å². The van der Waals surface area contributed by atoms with E-state index in [-0.39, 0.29) is 11.5 Å². The molecule has 1 N–H and O–H groups in total. The van der Waals surface area contributed by atoms with Crippen LogP contribution in [0.15, 0.2) is 28.8 Å². The molecule has 1 aliphatic rings. The maximum Gasteiger partial charge on any atom is 0.248 e. The summed E-state index contributed by atoms with van der Waals surface area (Å²) in [7, 11) is 0. The van der Waals surface area contributed by atoms with E-state index >= 15 is 0 Å². The van der Waals surface area contributed by atoms with Crippen molar-refractivity contribution in [1.29, 1.82) is 0 Å². The van der Waals surface area contributed by atoms with Gasteiger partial charge in [-0.2, -0.15) is 4.98 Å². The standard InChI is InChI=1S/C20H30N4O/c1-15(18-22-19(23-25-18)20(2,3)4)21-16-9-11-17(12-10-16)24-13-7-5-6-8-14-24/h9-12,15,21H,5-8,13-14H2,1-4H3/t15-/m1/s1. The van der Waals surface area contributed by atoms with Crippen LogP contribution in [0.25, 0.3) is 0 Å². The van der Waals surface area contributed by atoms with Crippen LogP contribution in [0.4, 0.5) is 11.4 Å². The third-order valence-corrected chi connectivity index (χ3v) is 4.70. The topological polar surface area (TPSA) is 54.2 Å². The minimum absolute atomic E-state index is 0.0207. The molecule has 2 heterocycles. The van der Waals surface area contributed by atoms with Gasteiger partial charge in [-0.3, -0.25) is 0 Å². The van der Waals surface area contributed by atoms with Crippen LogP contribution in [0.1, 0.15) is 71.1 Å². The lowest BCUT2D eigenvalue weighted by Gasteiger charge is -2.23. The number of hydrogen-bond acceptors (Lipinski definition) is 5. The van der Waals surface area contributed by atoms with Crippen LogP contribution in [-0.2, 0) is 5.41 Å². The Morgan fingerprint density at radius 2 is 1.68 bits per heavy atom. The lowest BCUT2D eigenvalue weighted by molar-refractivity contribution is 0.354.